The maximum Gasteiger partial charge on any atom is 0.138 e. The van der Waals surface area contributed by atoms with E-state index in [9.17, 15) is 0 Å². The summed E-state index contributed by atoms with van der Waals surface area (Å²) < 4.78 is 7.81. The van der Waals surface area contributed by atoms with Gasteiger partial charge in [-0.15, -0.1) is 0 Å². The number of rotatable bonds is 5. The van der Waals surface area contributed by atoms with Crippen molar-refractivity contribution in [3.05, 3.63) is 164 Å². The van der Waals surface area contributed by atoms with Crippen LogP contribution in [0.1, 0.15) is 0 Å². The molecule has 0 N–H and O–H groups in total. The molecule has 0 aliphatic rings. The summed E-state index contributed by atoms with van der Waals surface area (Å²) in [7, 11) is 0. The third-order valence-electron chi connectivity index (χ3n) is 7.81. The Labute approximate surface area is 274 Å². The highest BCUT2D eigenvalue weighted by Crippen LogP contribution is 2.27. The predicted molar refractivity (Wildman–Crippen MR) is 184 cm³/mol. The molecule has 0 unspecified atom stereocenters. The number of hydrogen-bond donors (Lipinski definition) is 0. The van der Waals surface area contributed by atoms with Gasteiger partial charge in [-0.1, -0.05) is 41.9 Å². The summed E-state index contributed by atoms with van der Waals surface area (Å²) >= 11 is 6.00. The fraction of sp³-hybridized carbons (Fsp3) is 0. The Morgan fingerprint density at radius 3 is 1.64 bits per heavy atom. The van der Waals surface area contributed by atoms with Crippen LogP contribution in [-0.4, -0.2) is 43.3 Å². The molecule has 0 atom stereocenters. The molecule has 0 saturated carbocycles. The van der Waals surface area contributed by atoms with Gasteiger partial charge in [-0.05, 0) is 66.2 Å². The van der Waals surface area contributed by atoms with Gasteiger partial charge in [-0.25, -0.2) is 19.3 Å². The highest BCUT2D eigenvalue weighted by molar-refractivity contribution is 6.30. The standard InChI is InChI=1S/C21H15N5.C16H11ClN4/c1-4-17(12-19(6-1)26-10-3-9-24-26)20-15-23-21-13-16(7-11-25(20)21)18-5-2-8-22-14-18;17-13-5-8-20-15(11-18-16(20)10-13)12-3-1-4-14(9-12)21-7-2-6-19-21/h1-15H;1-11H. The number of pyridine rings is 3. The zero-order valence-corrected chi connectivity index (χ0v) is 25.7. The number of benzene rings is 2. The van der Waals surface area contributed by atoms with Crippen molar-refractivity contribution in [2.75, 3.05) is 0 Å². The maximum absolute atomic E-state index is 6.00. The van der Waals surface area contributed by atoms with Crippen molar-refractivity contribution in [3.8, 4) is 45.0 Å². The molecule has 0 bridgehead atoms. The SMILES string of the molecule is Clc1ccn2c(-c3cccc(-n4cccn4)c3)cnc2c1.c1cncc(-c2ccn3c(-c4cccc(-n5cccn5)c4)cnc3c2)c1. The lowest BCUT2D eigenvalue weighted by atomic mass is 10.1. The average Bonchev–Trinajstić information content (AvgIpc) is 3.96. The number of hydrogen-bond acceptors (Lipinski definition) is 5. The van der Waals surface area contributed by atoms with Gasteiger partial charge in [0.25, 0.3) is 0 Å². The van der Waals surface area contributed by atoms with Crippen molar-refractivity contribution < 1.29 is 0 Å². The lowest BCUT2D eigenvalue weighted by Gasteiger charge is -2.07. The third-order valence-corrected chi connectivity index (χ3v) is 8.04. The summed E-state index contributed by atoms with van der Waals surface area (Å²) in [4.78, 5) is 13.2. The van der Waals surface area contributed by atoms with Gasteiger partial charge in [0.1, 0.15) is 11.3 Å². The lowest BCUT2D eigenvalue weighted by Crippen LogP contribution is -1.95. The molecule has 0 aliphatic heterocycles. The van der Waals surface area contributed by atoms with Crippen molar-refractivity contribution in [1.29, 1.82) is 0 Å². The van der Waals surface area contributed by atoms with Crippen LogP contribution in [-0.2, 0) is 0 Å². The Hall–Kier alpha value is -6.32. The minimum absolute atomic E-state index is 0.685. The number of nitrogens with zero attached hydrogens (tertiary/aromatic N) is 9. The molecule has 10 heteroatoms. The normalized spacial score (nSPS) is 11.1. The molecule has 9 rings (SSSR count). The second-order valence-corrected chi connectivity index (χ2v) is 11.2. The second-order valence-electron chi connectivity index (χ2n) is 10.7. The van der Waals surface area contributed by atoms with Crippen molar-refractivity contribution in [1.82, 2.24) is 43.3 Å². The molecule has 0 aliphatic carbocycles. The second kappa shape index (κ2) is 12.2. The van der Waals surface area contributed by atoms with Gasteiger partial charge in [0.15, 0.2) is 0 Å². The third kappa shape index (κ3) is 5.67. The molecule has 0 spiro atoms. The summed E-state index contributed by atoms with van der Waals surface area (Å²) in [5.41, 5.74) is 10.2. The smallest absolute Gasteiger partial charge is 0.138 e. The van der Waals surface area contributed by atoms with E-state index in [0.717, 1.165) is 56.3 Å². The molecule has 9 nitrogen and oxygen atoms in total. The van der Waals surface area contributed by atoms with Gasteiger partial charge < -0.3 is 0 Å². The first-order valence-corrected chi connectivity index (χ1v) is 15.3. The number of fused-ring (bicyclic) bond motifs is 2. The molecule has 0 amide bonds. The Bertz CT molecular complexity index is 2430. The first kappa shape index (κ1) is 28.2. The van der Waals surface area contributed by atoms with Gasteiger partial charge in [-0.2, -0.15) is 10.2 Å². The minimum Gasteiger partial charge on any atom is -0.300 e. The van der Waals surface area contributed by atoms with Crippen LogP contribution >= 0.6 is 11.6 Å². The fourth-order valence-electron chi connectivity index (χ4n) is 5.54. The predicted octanol–water partition coefficient (Wildman–Crippen LogP) is 8.09. The molecular weight excluding hydrogens is 606 g/mol. The average molecular weight is 632 g/mol. The van der Waals surface area contributed by atoms with Crippen LogP contribution in [0.4, 0.5) is 0 Å². The van der Waals surface area contributed by atoms with E-state index in [-0.39, 0.29) is 0 Å². The Morgan fingerprint density at radius 2 is 1.06 bits per heavy atom. The minimum atomic E-state index is 0.685. The molecule has 2 aromatic carbocycles. The van der Waals surface area contributed by atoms with Crippen molar-refractivity contribution in [2.45, 2.75) is 0 Å². The topological polar surface area (TPSA) is 83.1 Å². The Kier molecular flexibility index (Phi) is 7.33. The number of aromatic nitrogens is 9. The van der Waals surface area contributed by atoms with Crippen LogP contribution in [0.3, 0.4) is 0 Å². The van der Waals surface area contributed by atoms with Crippen molar-refractivity contribution >= 4 is 22.9 Å². The quantitative estimate of drug-likeness (QED) is 0.192. The number of halogens is 1. The van der Waals surface area contributed by atoms with Crippen LogP contribution in [0.25, 0.3) is 56.3 Å². The van der Waals surface area contributed by atoms with E-state index < -0.39 is 0 Å². The van der Waals surface area contributed by atoms with Crippen LogP contribution < -0.4 is 0 Å². The highest BCUT2D eigenvalue weighted by atomic mass is 35.5. The van der Waals surface area contributed by atoms with E-state index in [1.165, 1.54) is 0 Å². The van der Waals surface area contributed by atoms with Crippen LogP contribution in [0.5, 0.6) is 0 Å². The summed E-state index contributed by atoms with van der Waals surface area (Å²) in [6.07, 6.45) is 18.8. The highest BCUT2D eigenvalue weighted by Gasteiger charge is 2.10. The van der Waals surface area contributed by atoms with Crippen LogP contribution in [0, 0.1) is 0 Å². The molecule has 226 valence electrons. The Morgan fingerprint density at radius 1 is 0.468 bits per heavy atom. The van der Waals surface area contributed by atoms with E-state index in [4.69, 9.17) is 11.6 Å². The first-order valence-electron chi connectivity index (χ1n) is 14.9. The summed E-state index contributed by atoms with van der Waals surface area (Å²) in [6, 6.07) is 32.2. The van der Waals surface area contributed by atoms with Crippen LogP contribution in [0.2, 0.25) is 5.02 Å². The van der Waals surface area contributed by atoms with Gasteiger partial charge in [0, 0.05) is 77.4 Å². The molecule has 7 heterocycles. The van der Waals surface area contributed by atoms with E-state index >= 15 is 0 Å². The van der Waals surface area contributed by atoms with Gasteiger partial charge in [0.05, 0.1) is 35.2 Å². The van der Waals surface area contributed by atoms with Crippen molar-refractivity contribution in [2.24, 2.45) is 0 Å². The fourth-order valence-corrected chi connectivity index (χ4v) is 5.69. The van der Waals surface area contributed by atoms with E-state index in [1.807, 2.05) is 106 Å². The molecule has 0 saturated heterocycles. The maximum atomic E-state index is 6.00. The van der Waals surface area contributed by atoms with Gasteiger partial charge >= 0.3 is 0 Å². The molecule has 9 aromatic rings. The summed E-state index contributed by atoms with van der Waals surface area (Å²) in [6.45, 7) is 0. The largest absolute Gasteiger partial charge is 0.300 e. The molecule has 47 heavy (non-hydrogen) atoms. The molecule has 7 aromatic heterocycles. The molecule has 0 radical (unpaired) electrons. The van der Waals surface area contributed by atoms with E-state index in [2.05, 4.69) is 78.2 Å². The summed E-state index contributed by atoms with van der Waals surface area (Å²) in [5, 5.41) is 9.25. The van der Waals surface area contributed by atoms with Gasteiger partial charge in [-0.3, -0.25) is 13.8 Å². The van der Waals surface area contributed by atoms with E-state index in [0.29, 0.717) is 5.02 Å². The molecule has 0 fully saturated rings. The Balaban J connectivity index is 0.000000141. The monoisotopic (exact) mass is 631 g/mol. The first-order chi connectivity index (χ1) is 23.2. The molecular formula is C37H26ClN9. The van der Waals surface area contributed by atoms with E-state index in [1.54, 1.807) is 18.6 Å². The number of imidazole rings is 2. The van der Waals surface area contributed by atoms with Gasteiger partial charge in [0.2, 0.25) is 0 Å². The van der Waals surface area contributed by atoms with Crippen molar-refractivity contribution in [3.63, 3.8) is 0 Å². The zero-order valence-electron chi connectivity index (χ0n) is 24.9. The van der Waals surface area contributed by atoms with Crippen LogP contribution in [0.15, 0.2) is 159 Å². The summed E-state index contributed by atoms with van der Waals surface area (Å²) in [5.74, 6) is 0. The zero-order chi connectivity index (χ0) is 31.6. The lowest BCUT2D eigenvalue weighted by molar-refractivity contribution is 0.881.